The van der Waals surface area contributed by atoms with Gasteiger partial charge in [-0.3, -0.25) is 14.6 Å². The standard InChI is InChI=1S/C14H12N2O.C3H6O2/c1-3-12(15-4-2)14(17)11-9-16-13-8-6-5-7-10(11)13;1-3(4)5-2/h3-9,16H,1-2H2;1-2H3. The number of ketones is 1. The fraction of sp³-hybridized carbons (Fsp3) is 0.118. The second kappa shape index (κ2) is 8.36. The first kappa shape index (κ1) is 17.1. The summed E-state index contributed by atoms with van der Waals surface area (Å²) in [6, 6.07) is 7.63. The summed E-state index contributed by atoms with van der Waals surface area (Å²) in [7, 11) is 1.35. The smallest absolute Gasteiger partial charge is 0.302 e. The minimum atomic E-state index is -0.245. The monoisotopic (exact) mass is 298 g/mol. The van der Waals surface area contributed by atoms with E-state index < -0.39 is 0 Å². The van der Waals surface area contributed by atoms with Crippen LogP contribution in [-0.4, -0.2) is 29.6 Å². The summed E-state index contributed by atoms with van der Waals surface area (Å²) in [5.41, 5.74) is 1.82. The van der Waals surface area contributed by atoms with Crippen LogP contribution in [0.1, 0.15) is 17.3 Å². The molecule has 0 atom stereocenters. The van der Waals surface area contributed by atoms with Crippen molar-refractivity contribution >= 4 is 28.4 Å². The maximum Gasteiger partial charge on any atom is 0.302 e. The number of H-pyrrole nitrogens is 1. The Balaban J connectivity index is 0.000000422. The number of Topliss-reactive ketones (excluding diaryl/α,β-unsaturated/α-hetero) is 1. The number of hydrogen-bond donors (Lipinski definition) is 1. The van der Waals surface area contributed by atoms with Gasteiger partial charge in [0.1, 0.15) is 5.71 Å². The van der Waals surface area contributed by atoms with E-state index in [2.05, 4.69) is 27.9 Å². The molecule has 0 spiro atoms. The van der Waals surface area contributed by atoms with Gasteiger partial charge in [-0.15, -0.1) is 0 Å². The highest BCUT2D eigenvalue weighted by Gasteiger charge is 2.14. The average molecular weight is 298 g/mol. The van der Waals surface area contributed by atoms with E-state index in [0.29, 0.717) is 11.3 Å². The van der Waals surface area contributed by atoms with Gasteiger partial charge in [0.15, 0.2) is 0 Å². The largest absolute Gasteiger partial charge is 0.469 e. The van der Waals surface area contributed by atoms with E-state index in [1.165, 1.54) is 26.3 Å². The van der Waals surface area contributed by atoms with E-state index in [1.807, 2.05) is 24.3 Å². The van der Waals surface area contributed by atoms with Crippen LogP contribution in [0.2, 0.25) is 0 Å². The Kier molecular flexibility index (Phi) is 6.50. The van der Waals surface area contributed by atoms with E-state index in [4.69, 9.17) is 0 Å². The van der Waals surface area contributed by atoms with Gasteiger partial charge in [0.25, 0.3) is 0 Å². The van der Waals surface area contributed by atoms with Gasteiger partial charge in [-0.05, 0) is 12.1 Å². The molecule has 1 heterocycles. The predicted octanol–water partition coefficient (Wildman–Crippen LogP) is 3.30. The highest BCUT2D eigenvalue weighted by molar-refractivity contribution is 6.51. The highest BCUT2D eigenvalue weighted by Crippen LogP contribution is 2.18. The number of allylic oxidation sites excluding steroid dienone is 1. The molecule has 0 aliphatic heterocycles. The Hall–Kier alpha value is -2.95. The molecule has 114 valence electrons. The van der Waals surface area contributed by atoms with Crippen molar-refractivity contribution in [3.8, 4) is 0 Å². The molecule has 0 aliphatic rings. The van der Waals surface area contributed by atoms with E-state index in [0.717, 1.165) is 10.9 Å². The van der Waals surface area contributed by atoms with E-state index >= 15 is 0 Å². The molecule has 0 aliphatic carbocycles. The molecule has 1 aromatic heterocycles. The molecule has 0 unspecified atom stereocenters. The van der Waals surface area contributed by atoms with Crippen LogP contribution in [0.25, 0.3) is 10.9 Å². The number of carbonyl (C=O) groups is 2. The van der Waals surface area contributed by atoms with Gasteiger partial charge >= 0.3 is 5.97 Å². The molecule has 0 amide bonds. The fourth-order valence-electron chi connectivity index (χ4n) is 1.70. The normalized spacial score (nSPS) is 10.4. The van der Waals surface area contributed by atoms with E-state index in [9.17, 15) is 9.59 Å². The summed E-state index contributed by atoms with van der Waals surface area (Å²) in [5.74, 6) is -0.401. The molecule has 2 aromatic rings. The van der Waals surface area contributed by atoms with Crippen LogP contribution in [0.4, 0.5) is 0 Å². The number of fused-ring (bicyclic) bond motifs is 1. The summed E-state index contributed by atoms with van der Waals surface area (Å²) in [6.07, 6.45) is 4.46. The number of nitrogens with one attached hydrogen (secondary N) is 1. The van der Waals surface area contributed by atoms with Gasteiger partial charge in [0, 0.05) is 35.8 Å². The molecule has 2 rings (SSSR count). The zero-order valence-electron chi connectivity index (χ0n) is 12.6. The van der Waals surface area contributed by atoms with Crippen molar-refractivity contribution in [2.24, 2.45) is 4.99 Å². The molecule has 5 heteroatoms. The first-order valence-corrected chi connectivity index (χ1v) is 6.51. The van der Waals surface area contributed by atoms with Gasteiger partial charge in [-0.1, -0.05) is 31.4 Å². The Morgan fingerprint density at radius 2 is 1.91 bits per heavy atom. The van der Waals surface area contributed by atoms with Crippen molar-refractivity contribution in [3.05, 3.63) is 61.5 Å². The number of ether oxygens (including phenoxy) is 1. The van der Waals surface area contributed by atoms with Crippen molar-refractivity contribution in [2.45, 2.75) is 6.92 Å². The molecule has 0 fully saturated rings. The Morgan fingerprint density at radius 1 is 1.27 bits per heavy atom. The molecule has 0 saturated carbocycles. The van der Waals surface area contributed by atoms with E-state index in [-0.39, 0.29) is 11.8 Å². The van der Waals surface area contributed by atoms with Gasteiger partial charge < -0.3 is 9.72 Å². The lowest BCUT2D eigenvalue weighted by molar-refractivity contribution is -0.137. The van der Waals surface area contributed by atoms with Crippen LogP contribution in [0, 0.1) is 0 Å². The third-order valence-corrected chi connectivity index (χ3v) is 2.78. The summed E-state index contributed by atoms with van der Waals surface area (Å²) in [5, 5.41) is 0.885. The lowest BCUT2D eigenvalue weighted by Gasteiger charge is -1.98. The lowest BCUT2D eigenvalue weighted by atomic mass is 10.1. The minimum absolute atomic E-state index is 0.155. The zero-order chi connectivity index (χ0) is 16.5. The SMILES string of the molecule is C=CN=C(C=C)C(=O)c1c[nH]c2ccccc12.COC(C)=O. The molecule has 0 bridgehead atoms. The van der Waals surface area contributed by atoms with Crippen LogP contribution < -0.4 is 0 Å². The number of esters is 1. The van der Waals surface area contributed by atoms with Crippen LogP contribution in [0.5, 0.6) is 0 Å². The molecule has 0 radical (unpaired) electrons. The Morgan fingerprint density at radius 3 is 2.45 bits per heavy atom. The molecular weight excluding hydrogens is 280 g/mol. The predicted molar refractivity (Wildman–Crippen MR) is 88.1 cm³/mol. The first-order chi connectivity index (χ1) is 10.5. The maximum atomic E-state index is 12.2. The number of aliphatic imine (C=N–C) groups is 1. The summed E-state index contributed by atoms with van der Waals surface area (Å²) in [6.45, 7) is 8.42. The van der Waals surface area contributed by atoms with Gasteiger partial charge in [0.2, 0.25) is 5.78 Å². The number of benzene rings is 1. The zero-order valence-corrected chi connectivity index (χ0v) is 12.6. The number of para-hydroxylation sites is 1. The number of nitrogens with zero attached hydrogens (tertiary/aromatic N) is 1. The minimum Gasteiger partial charge on any atom is -0.469 e. The molecule has 22 heavy (non-hydrogen) atoms. The van der Waals surface area contributed by atoms with Crippen molar-refractivity contribution in [1.82, 2.24) is 4.98 Å². The second-order valence-corrected chi connectivity index (χ2v) is 4.17. The Labute approximate surface area is 129 Å². The van der Waals surface area contributed by atoms with Gasteiger partial charge in [-0.2, -0.15) is 0 Å². The topological polar surface area (TPSA) is 71.5 Å². The average Bonchev–Trinajstić information content (AvgIpc) is 2.96. The Bertz CT molecular complexity index is 726. The van der Waals surface area contributed by atoms with Crippen LogP contribution in [0.15, 0.2) is 60.9 Å². The number of rotatable bonds is 4. The quantitative estimate of drug-likeness (QED) is 0.535. The van der Waals surface area contributed by atoms with Gasteiger partial charge in [0.05, 0.1) is 7.11 Å². The van der Waals surface area contributed by atoms with Crippen LogP contribution >= 0.6 is 0 Å². The number of carbonyl (C=O) groups excluding carboxylic acids is 2. The number of methoxy groups -OCH3 is 1. The number of aromatic amines is 1. The van der Waals surface area contributed by atoms with Crippen molar-refractivity contribution in [1.29, 1.82) is 0 Å². The van der Waals surface area contributed by atoms with Crippen molar-refractivity contribution in [2.75, 3.05) is 7.11 Å². The molecule has 5 nitrogen and oxygen atoms in total. The second-order valence-electron chi connectivity index (χ2n) is 4.17. The molecule has 1 aromatic carbocycles. The molecule has 0 saturated heterocycles. The molecular formula is C17H18N2O3. The maximum absolute atomic E-state index is 12.2. The van der Waals surface area contributed by atoms with Crippen molar-refractivity contribution in [3.63, 3.8) is 0 Å². The van der Waals surface area contributed by atoms with Gasteiger partial charge in [-0.25, -0.2) is 0 Å². The molecule has 1 N–H and O–H groups in total. The highest BCUT2D eigenvalue weighted by atomic mass is 16.5. The third-order valence-electron chi connectivity index (χ3n) is 2.78. The lowest BCUT2D eigenvalue weighted by Crippen LogP contribution is -2.10. The number of aromatic nitrogens is 1. The third kappa shape index (κ3) is 4.28. The summed E-state index contributed by atoms with van der Waals surface area (Å²) >= 11 is 0. The number of hydrogen-bond acceptors (Lipinski definition) is 4. The van der Waals surface area contributed by atoms with Crippen LogP contribution in [0.3, 0.4) is 0 Å². The van der Waals surface area contributed by atoms with Crippen LogP contribution in [-0.2, 0) is 9.53 Å². The first-order valence-electron chi connectivity index (χ1n) is 6.51. The van der Waals surface area contributed by atoms with E-state index in [1.54, 1.807) is 6.20 Å². The van der Waals surface area contributed by atoms with Crippen molar-refractivity contribution < 1.29 is 14.3 Å². The fourth-order valence-corrected chi connectivity index (χ4v) is 1.70. The summed E-state index contributed by atoms with van der Waals surface area (Å²) < 4.78 is 4.11. The summed E-state index contributed by atoms with van der Waals surface area (Å²) in [4.78, 5) is 28.7.